The number of carbonyl (C=O) groups excluding carboxylic acids is 1. The van der Waals surface area contributed by atoms with Crippen molar-refractivity contribution in [1.82, 2.24) is 9.62 Å². The molecule has 1 aliphatic heterocycles. The first-order valence-corrected chi connectivity index (χ1v) is 10.2. The Morgan fingerprint density at radius 1 is 1.28 bits per heavy atom. The van der Waals surface area contributed by atoms with Gasteiger partial charge < -0.3 is 9.64 Å². The lowest BCUT2D eigenvalue weighted by molar-refractivity contribution is -0.132. The van der Waals surface area contributed by atoms with Crippen molar-refractivity contribution in [2.45, 2.75) is 51.0 Å². The highest BCUT2D eigenvalue weighted by molar-refractivity contribution is 7.89. The Morgan fingerprint density at radius 2 is 1.92 bits per heavy atom. The molecule has 6 nitrogen and oxygen atoms in total. The van der Waals surface area contributed by atoms with Gasteiger partial charge in [0.25, 0.3) is 0 Å². The Morgan fingerprint density at radius 3 is 2.44 bits per heavy atom. The van der Waals surface area contributed by atoms with Crippen LogP contribution in [0.1, 0.15) is 38.7 Å². The SMILES string of the molecule is COc1ccc(S(=O)(=O)N[C@@H](CC(C)C)C(=O)N2CCCC2)cc1C. The molecule has 1 amide bonds. The number of likely N-dealkylation sites (tertiary alicyclic amines) is 1. The Kier molecular flexibility index (Phi) is 6.46. The second-order valence-electron chi connectivity index (χ2n) is 6.97. The smallest absolute Gasteiger partial charge is 0.241 e. The highest BCUT2D eigenvalue weighted by Crippen LogP contribution is 2.22. The molecule has 0 spiro atoms. The van der Waals surface area contributed by atoms with E-state index >= 15 is 0 Å². The molecule has 0 aliphatic carbocycles. The Hall–Kier alpha value is -1.60. The average Bonchev–Trinajstić information content (AvgIpc) is 3.07. The monoisotopic (exact) mass is 368 g/mol. The van der Waals surface area contributed by atoms with Crippen molar-refractivity contribution in [3.05, 3.63) is 23.8 Å². The zero-order valence-corrected chi connectivity index (χ0v) is 16.2. The van der Waals surface area contributed by atoms with Crippen LogP contribution in [0.15, 0.2) is 23.1 Å². The molecule has 1 aliphatic rings. The predicted octanol–water partition coefficient (Wildman–Crippen LogP) is 2.32. The summed E-state index contributed by atoms with van der Waals surface area (Å²) in [6, 6.07) is 3.96. The molecule has 1 saturated heterocycles. The van der Waals surface area contributed by atoms with E-state index in [2.05, 4.69) is 4.72 Å². The molecular formula is C18H28N2O4S. The molecule has 7 heteroatoms. The average molecular weight is 368 g/mol. The molecule has 2 rings (SSSR count). The second-order valence-corrected chi connectivity index (χ2v) is 8.68. The minimum Gasteiger partial charge on any atom is -0.496 e. The van der Waals surface area contributed by atoms with Crippen LogP contribution in [0.2, 0.25) is 0 Å². The summed E-state index contributed by atoms with van der Waals surface area (Å²) in [4.78, 5) is 14.6. The summed E-state index contributed by atoms with van der Waals surface area (Å²) in [5.74, 6) is 0.711. The van der Waals surface area contributed by atoms with Crippen molar-refractivity contribution >= 4 is 15.9 Å². The Labute approximate surface area is 150 Å². The molecular weight excluding hydrogens is 340 g/mol. The van der Waals surface area contributed by atoms with Gasteiger partial charge in [0, 0.05) is 13.1 Å². The van der Waals surface area contributed by atoms with Gasteiger partial charge >= 0.3 is 0 Å². The first-order valence-electron chi connectivity index (χ1n) is 8.70. The van der Waals surface area contributed by atoms with E-state index in [1.54, 1.807) is 31.1 Å². The van der Waals surface area contributed by atoms with E-state index in [0.717, 1.165) is 18.4 Å². The number of nitrogens with zero attached hydrogens (tertiary/aromatic N) is 1. The first kappa shape index (κ1) is 19.7. The number of amides is 1. The van der Waals surface area contributed by atoms with Crippen molar-refractivity contribution in [2.24, 2.45) is 5.92 Å². The number of aryl methyl sites for hydroxylation is 1. The third-order valence-corrected chi connectivity index (χ3v) is 5.87. The molecule has 1 aromatic rings. The Bertz CT molecular complexity index is 710. The molecule has 1 heterocycles. The van der Waals surface area contributed by atoms with Crippen LogP contribution in [0.4, 0.5) is 0 Å². The molecule has 140 valence electrons. The summed E-state index contributed by atoms with van der Waals surface area (Å²) in [5.41, 5.74) is 0.733. The number of rotatable bonds is 7. The van der Waals surface area contributed by atoms with Crippen LogP contribution in [-0.2, 0) is 14.8 Å². The number of benzene rings is 1. The van der Waals surface area contributed by atoms with Gasteiger partial charge in [-0.25, -0.2) is 8.42 Å². The molecule has 1 fully saturated rings. The van der Waals surface area contributed by atoms with Crippen LogP contribution in [-0.4, -0.2) is 45.5 Å². The topological polar surface area (TPSA) is 75.7 Å². The number of hydrogen-bond acceptors (Lipinski definition) is 4. The van der Waals surface area contributed by atoms with Gasteiger partial charge in [0.1, 0.15) is 11.8 Å². The second kappa shape index (κ2) is 8.19. The van der Waals surface area contributed by atoms with Crippen molar-refractivity contribution in [1.29, 1.82) is 0 Å². The van der Waals surface area contributed by atoms with Gasteiger partial charge in [0.05, 0.1) is 12.0 Å². The number of sulfonamides is 1. The number of methoxy groups -OCH3 is 1. The van der Waals surface area contributed by atoms with Gasteiger partial charge in [-0.3, -0.25) is 4.79 Å². The summed E-state index contributed by atoms with van der Waals surface area (Å²) >= 11 is 0. The maximum absolute atomic E-state index is 12.8. The zero-order valence-electron chi connectivity index (χ0n) is 15.4. The summed E-state index contributed by atoms with van der Waals surface area (Å²) in [5, 5.41) is 0. The maximum atomic E-state index is 12.8. The van der Waals surface area contributed by atoms with E-state index in [1.165, 1.54) is 6.07 Å². The van der Waals surface area contributed by atoms with Gasteiger partial charge in [-0.2, -0.15) is 4.72 Å². The summed E-state index contributed by atoms with van der Waals surface area (Å²) < 4.78 is 33.3. The minimum atomic E-state index is -3.78. The predicted molar refractivity (Wildman–Crippen MR) is 97.1 cm³/mol. The lowest BCUT2D eigenvalue weighted by atomic mass is 10.0. The molecule has 0 aromatic heterocycles. The molecule has 0 radical (unpaired) electrons. The fraction of sp³-hybridized carbons (Fsp3) is 0.611. The molecule has 0 unspecified atom stereocenters. The summed E-state index contributed by atoms with van der Waals surface area (Å²) in [6.07, 6.45) is 2.43. The van der Waals surface area contributed by atoms with E-state index in [9.17, 15) is 13.2 Å². The van der Waals surface area contributed by atoms with E-state index in [4.69, 9.17) is 4.74 Å². The summed E-state index contributed by atoms with van der Waals surface area (Å²) in [7, 11) is -2.24. The molecule has 1 N–H and O–H groups in total. The molecule has 1 aromatic carbocycles. The maximum Gasteiger partial charge on any atom is 0.241 e. The zero-order chi connectivity index (χ0) is 18.6. The number of hydrogen-bond donors (Lipinski definition) is 1. The third kappa shape index (κ3) is 4.95. The van der Waals surface area contributed by atoms with E-state index in [-0.39, 0.29) is 16.7 Å². The first-order chi connectivity index (χ1) is 11.7. The highest BCUT2D eigenvalue weighted by atomic mass is 32.2. The number of carbonyl (C=O) groups is 1. The van der Waals surface area contributed by atoms with E-state index < -0.39 is 16.1 Å². The van der Waals surface area contributed by atoms with Gasteiger partial charge in [0.15, 0.2) is 0 Å². The van der Waals surface area contributed by atoms with E-state index in [1.807, 2.05) is 13.8 Å². The van der Waals surface area contributed by atoms with Crippen molar-refractivity contribution in [3.8, 4) is 5.75 Å². The molecule has 0 bridgehead atoms. The van der Waals surface area contributed by atoms with Gasteiger partial charge in [-0.15, -0.1) is 0 Å². The van der Waals surface area contributed by atoms with Crippen LogP contribution >= 0.6 is 0 Å². The fourth-order valence-electron chi connectivity index (χ4n) is 3.10. The fourth-order valence-corrected chi connectivity index (χ4v) is 4.39. The standard InChI is InChI=1S/C18H28N2O4S/c1-13(2)11-16(18(21)20-9-5-6-10-20)19-25(22,23)15-7-8-17(24-4)14(3)12-15/h7-8,12-13,16,19H,5-6,9-11H2,1-4H3/t16-/m0/s1. The quantitative estimate of drug-likeness (QED) is 0.801. The van der Waals surface area contributed by atoms with Crippen LogP contribution in [0.3, 0.4) is 0 Å². The van der Waals surface area contributed by atoms with Crippen LogP contribution in [0.25, 0.3) is 0 Å². The lowest BCUT2D eigenvalue weighted by Gasteiger charge is -2.25. The van der Waals surface area contributed by atoms with Crippen LogP contribution in [0, 0.1) is 12.8 Å². The largest absolute Gasteiger partial charge is 0.496 e. The number of ether oxygens (including phenoxy) is 1. The Balaban J connectivity index is 2.23. The molecule has 25 heavy (non-hydrogen) atoms. The van der Waals surface area contributed by atoms with Gasteiger partial charge in [0.2, 0.25) is 15.9 Å². The van der Waals surface area contributed by atoms with Crippen molar-refractivity contribution in [2.75, 3.05) is 20.2 Å². The molecule has 1 atom stereocenters. The van der Waals surface area contributed by atoms with Crippen molar-refractivity contribution in [3.63, 3.8) is 0 Å². The van der Waals surface area contributed by atoms with Crippen molar-refractivity contribution < 1.29 is 17.9 Å². The number of nitrogens with one attached hydrogen (secondary N) is 1. The third-order valence-electron chi connectivity index (χ3n) is 4.40. The van der Waals surface area contributed by atoms with E-state index in [0.29, 0.717) is 25.3 Å². The summed E-state index contributed by atoms with van der Waals surface area (Å²) in [6.45, 7) is 7.17. The van der Waals surface area contributed by atoms with Gasteiger partial charge in [-0.1, -0.05) is 13.8 Å². The highest BCUT2D eigenvalue weighted by Gasteiger charge is 2.31. The van der Waals surface area contributed by atoms with Gasteiger partial charge in [-0.05, 0) is 55.9 Å². The van der Waals surface area contributed by atoms with Crippen LogP contribution < -0.4 is 9.46 Å². The molecule has 0 saturated carbocycles. The van der Waals surface area contributed by atoms with Crippen LogP contribution in [0.5, 0.6) is 5.75 Å². The normalized spacial score (nSPS) is 16.3. The minimum absolute atomic E-state index is 0.125. The lowest BCUT2D eigenvalue weighted by Crippen LogP contribution is -2.48.